The van der Waals surface area contributed by atoms with Gasteiger partial charge in [-0.25, -0.2) is 0 Å². The number of carbonyl (C=O) groups is 2. The van der Waals surface area contributed by atoms with E-state index in [1.165, 1.54) is 13.8 Å². The normalized spacial score (nSPS) is 40.8. The summed E-state index contributed by atoms with van der Waals surface area (Å²) in [6.07, 6.45) is -0.606. The lowest BCUT2D eigenvalue weighted by atomic mass is 9.94. The van der Waals surface area contributed by atoms with E-state index in [1.807, 2.05) is 0 Å². The van der Waals surface area contributed by atoms with Crippen LogP contribution in [0.3, 0.4) is 0 Å². The Kier molecular flexibility index (Phi) is 3.21. The fourth-order valence-electron chi connectivity index (χ4n) is 2.25. The topological polar surface area (TPSA) is 61.8 Å². The summed E-state index contributed by atoms with van der Waals surface area (Å²) in [4.78, 5) is 22.1. The first kappa shape index (κ1) is 11.9. The van der Waals surface area contributed by atoms with Crippen LogP contribution in [0.2, 0.25) is 0 Å². The van der Waals surface area contributed by atoms with Gasteiger partial charge in [0.05, 0.1) is 0 Å². The van der Waals surface area contributed by atoms with Crippen molar-refractivity contribution in [2.45, 2.75) is 49.5 Å². The Hall–Kier alpha value is -0.620. The molecule has 0 amide bonds. The van der Waals surface area contributed by atoms with Crippen LogP contribution in [0.5, 0.6) is 0 Å². The molecule has 6 heteroatoms. The highest BCUT2D eigenvalue weighted by atomic mass is 79.9. The molecule has 2 fully saturated rings. The molecule has 5 atom stereocenters. The van der Waals surface area contributed by atoms with Gasteiger partial charge in [-0.2, -0.15) is 0 Å². The third kappa shape index (κ3) is 2.08. The molecule has 0 aromatic heterocycles. The molecule has 2 heterocycles. The Labute approximate surface area is 102 Å². The first-order chi connectivity index (χ1) is 7.49. The van der Waals surface area contributed by atoms with Crippen molar-refractivity contribution < 1.29 is 23.8 Å². The zero-order valence-electron chi connectivity index (χ0n) is 9.01. The summed E-state index contributed by atoms with van der Waals surface area (Å²) in [6, 6.07) is 0. The molecule has 0 N–H and O–H groups in total. The van der Waals surface area contributed by atoms with Gasteiger partial charge in [0.1, 0.15) is 12.2 Å². The molecule has 2 aliphatic rings. The van der Waals surface area contributed by atoms with Crippen molar-refractivity contribution in [1.29, 1.82) is 0 Å². The van der Waals surface area contributed by atoms with Gasteiger partial charge in [-0.1, -0.05) is 15.9 Å². The molecule has 0 unspecified atom stereocenters. The molecule has 2 saturated heterocycles. The summed E-state index contributed by atoms with van der Waals surface area (Å²) >= 11 is 3.46. The smallest absolute Gasteiger partial charge is 0.303 e. The highest BCUT2D eigenvalue weighted by Gasteiger charge is 2.57. The second kappa shape index (κ2) is 4.33. The fraction of sp³-hybridized carbons (Fsp3) is 0.800. The molecular weight excluding hydrogens is 280 g/mol. The molecule has 5 nitrogen and oxygen atoms in total. The van der Waals surface area contributed by atoms with Gasteiger partial charge in [0.25, 0.3) is 0 Å². The average molecular weight is 293 g/mol. The SMILES string of the molecule is CC(=O)O[C@H]1[C@H]2O[C@H](C[C@H]2Br)[C@H]1OC(C)=O. The van der Waals surface area contributed by atoms with Gasteiger partial charge in [-0.3, -0.25) is 9.59 Å². The van der Waals surface area contributed by atoms with Crippen LogP contribution in [0.25, 0.3) is 0 Å². The Morgan fingerprint density at radius 2 is 1.75 bits per heavy atom. The molecule has 0 saturated carbocycles. The van der Waals surface area contributed by atoms with Crippen LogP contribution in [0.15, 0.2) is 0 Å². The Morgan fingerprint density at radius 3 is 2.31 bits per heavy atom. The van der Waals surface area contributed by atoms with Crippen LogP contribution in [0.4, 0.5) is 0 Å². The predicted octanol–water partition coefficient (Wildman–Crippen LogP) is 0.784. The van der Waals surface area contributed by atoms with Crippen LogP contribution in [0, 0.1) is 0 Å². The molecule has 0 aromatic carbocycles. The average Bonchev–Trinajstić information content (AvgIpc) is 2.63. The molecule has 2 rings (SSSR count). The largest absolute Gasteiger partial charge is 0.456 e. The number of fused-ring (bicyclic) bond motifs is 2. The van der Waals surface area contributed by atoms with Gasteiger partial charge < -0.3 is 14.2 Å². The van der Waals surface area contributed by atoms with Crippen molar-refractivity contribution in [3.63, 3.8) is 0 Å². The van der Waals surface area contributed by atoms with E-state index >= 15 is 0 Å². The molecule has 0 radical (unpaired) electrons. The minimum atomic E-state index is -0.496. The molecule has 0 aromatic rings. The fourth-order valence-corrected chi connectivity index (χ4v) is 3.05. The van der Waals surface area contributed by atoms with E-state index in [4.69, 9.17) is 14.2 Å². The Balaban J connectivity index is 2.10. The quantitative estimate of drug-likeness (QED) is 0.556. The molecular formula is C10H13BrO5. The summed E-state index contributed by atoms with van der Waals surface area (Å²) in [5.41, 5.74) is 0. The number of carbonyl (C=O) groups excluding carboxylic acids is 2. The maximum Gasteiger partial charge on any atom is 0.303 e. The van der Waals surface area contributed by atoms with Gasteiger partial charge in [0.2, 0.25) is 0 Å². The Morgan fingerprint density at radius 1 is 1.19 bits per heavy atom. The van der Waals surface area contributed by atoms with Gasteiger partial charge in [0, 0.05) is 18.7 Å². The van der Waals surface area contributed by atoms with Crippen LogP contribution >= 0.6 is 15.9 Å². The first-order valence-corrected chi connectivity index (χ1v) is 6.04. The lowest BCUT2D eigenvalue weighted by molar-refractivity contribution is -0.165. The number of ether oxygens (including phenoxy) is 3. The van der Waals surface area contributed by atoms with Gasteiger partial charge in [0.15, 0.2) is 12.2 Å². The van der Waals surface area contributed by atoms with Crippen molar-refractivity contribution in [3.8, 4) is 0 Å². The number of hydrogen-bond donors (Lipinski definition) is 0. The van der Waals surface area contributed by atoms with Crippen LogP contribution in [0.1, 0.15) is 20.3 Å². The lowest BCUT2D eigenvalue weighted by Crippen LogP contribution is -2.46. The highest BCUT2D eigenvalue weighted by Crippen LogP contribution is 2.41. The maximum atomic E-state index is 11.0. The van der Waals surface area contributed by atoms with Gasteiger partial charge >= 0.3 is 11.9 Å². The van der Waals surface area contributed by atoms with E-state index < -0.39 is 18.2 Å². The number of alkyl halides is 1. The number of esters is 2. The number of rotatable bonds is 2. The van der Waals surface area contributed by atoms with E-state index in [0.29, 0.717) is 0 Å². The minimum absolute atomic E-state index is 0.147. The van der Waals surface area contributed by atoms with Crippen molar-refractivity contribution in [3.05, 3.63) is 0 Å². The third-order valence-electron chi connectivity index (χ3n) is 2.76. The van der Waals surface area contributed by atoms with Crippen LogP contribution < -0.4 is 0 Å². The van der Waals surface area contributed by atoms with E-state index in [1.54, 1.807) is 0 Å². The zero-order valence-corrected chi connectivity index (χ0v) is 10.6. The number of halogens is 1. The first-order valence-electron chi connectivity index (χ1n) is 5.13. The lowest BCUT2D eigenvalue weighted by Gasteiger charge is -2.29. The zero-order chi connectivity index (χ0) is 11.9. The standard InChI is InChI=1S/C10H13BrO5/c1-4(12)14-9-7-3-6(11)8(16-7)10(9)15-5(2)13/h6-10H,3H2,1-2H3/t6-,7-,8+,9-,10+/m1/s1. The van der Waals surface area contributed by atoms with Crippen LogP contribution in [-0.4, -0.2) is 41.2 Å². The van der Waals surface area contributed by atoms with Crippen molar-refractivity contribution in [2.24, 2.45) is 0 Å². The molecule has 0 aliphatic carbocycles. The molecule has 2 aliphatic heterocycles. The van der Waals surface area contributed by atoms with Crippen molar-refractivity contribution in [2.75, 3.05) is 0 Å². The summed E-state index contributed by atoms with van der Waals surface area (Å²) in [7, 11) is 0. The van der Waals surface area contributed by atoms with Crippen molar-refractivity contribution in [1.82, 2.24) is 0 Å². The predicted molar refractivity (Wildman–Crippen MR) is 57.1 cm³/mol. The van der Waals surface area contributed by atoms with E-state index in [9.17, 15) is 9.59 Å². The van der Waals surface area contributed by atoms with Crippen LogP contribution in [-0.2, 0) is 23.8 Å². The third-order valence-corrected chi connectivity index (χ3v) is 3.66. The molecule has 90 valence electrons. The minimum Gasteiger partial charge on any atom is -0.456 e. The Bertz CT molecular complexity index is 318. The summed E-state index contributed by atoms with van der Waals surface area (Å²) in [5.74, 6) is -0.776. The highest BCUT2D eigenvalue weighted by molar-refractivity contribution is 9.09. The second-order valence-electron chi connectivity index (χ2n) is 4.04. The maximum absolute atomic E-state index is 11.0. The second-order valence-corrected chi connectivity index (χ2v) is 5.22. The molecule has 16 heavy (non-hydrogen) atoms. The summed E-state index contributed by atoms with van der Waals surface area (Å²) in [5, 5.41) is 0. The van der Waals surface area contributed by atoms with E-state index in [2.05, 4.69) is 15.9 Å². The van der Waals surface area contributed by atoms with E-state index in [-0.39, 0.29) is 23.0 Å². The van der Waals surface area contributed by atoms with E-state index in [0.717, 1.165) is 6.42 Å². The van der Waals surface area contributed by atoms with Gasteiger partial charge in [-0.05, 0) is 6.42 Å². The molecule has 0 spiro atoms. The summed E-state index contributed by atoms with van der Waals surface area (Å²) in [6.45, 7) is 2.67. The van der Waals surface area contributed by atoms with Crippen molar-refractivity contribution >= 4 is 27.9 Å². The number of hydrogen-bond acceptors (Lipinski definition) is 5. The molecule has 2 bridgehead atoms. The summed E-state index contributed by atoms with van der Waals surface area (Å²) < 4.78 is 15.9. The van der Waals surface area contributed by atoms with Gasteiger partial charge in [-0.15, -0.1) is 0 Å². The monoisotopic (exact) mass is 292 g/mol.